The van der Waals surface area contributed by atoms with Gasteiger partial charge in [0.25, 0.3) is 5.91 Å². The lowest BCUT2D eigenvalue weighted by molar-refractivity contribution is -0.128. The minimum atomic E-state index is -0.702. The summed E-state index contributed by atoms with van der Waals surface area (Å²) in [6.07, 6.45) is 0.104. The predicted molar refractivity (Wildman–Crippen MR) is 74.0 cm³/mol. The third kappa shape index (κ3) is 4.71. The molecule has 0 saturated heterocycles. The van der Waals surface area contributed by atoms with Gasteiger partial charge in [0.15, 0.2) is 6.10 Å². The lowest BCUT2D eigenvalue weighted by Gasteiger charge is -2.26. The molecule has 0 bridgehead atoms. The highest BCUT2D eigenvalue weighted by molar-refractivity contribution is 6.30. The van der Waals surface area contributed by atoms with Crippen molar-refractivity contribution in [3.8, 4) is 5.75 Å². The second-order valence-electron chi connectivity index (χ2n) is 5.06. The summed E-state index contributed by atoms with van der Waals surface area (Å²) in [5, 5.41) is 2.89. The number of halogens is 2. The molecular formula is C14H19ClFNO2. The lowest BCUT2D eigenvalue weighted by Crippen LogP contribution is -2.48. The van der Waals surface area contributed by atoms with Crippen molar-refractivity contribution in [2.75, 3.05) is 0 Å². The molecule has 1 aromatic carbocycles. The predicted octanol–water partition coefficient (Wildman–Crippen LogP) is 3.55. The Bertz CT molecular complexity index is 463. The fourth-order valence-corrected chi connectivity index (χ4v) is 1.45. The smallest absolute Gasteiger partial charge is 0.261 e. The van der Waals surface area contributed by atoms with Crippen molar-refractivity contribution in [2.24, 2.45) is 0 Å². The maximum atomic E-state index is 13.2. The monoisotopic (exact) mass is 287 g/mol. The molecule has 1 rings (SSSR count). The van der Waals surface area contributed by atoms with E-state index in [0.29, 0.717) is 0 Å². The highest BCUT2D eigenvalue weighted by Crippen LogP contribution is 2.21. The van der Waals surface area contributed by atoms with Crippen LogP contribution in [0.3, 0.4) is 0 Å². The van der Waals surface area contributed by atoms with Crippen molar-refractivity contribution in [2.45, 2.75) is 45.8 Å². The molecule has 0 heterocycles. The molecule has 0 aromatic heterocycles. The van der Waals surface area contributed by atoms with Gasteiger partial charge >= 0.3 is 0 Å². The van der Waals surface area contributed by atoms with E-state index in [4.69, 9.17) is 16.3 Å². The number of nitrogens with one attached hydrogen (secondary N) is 1. The summed E-state index contributed by atoms with van der Waals surface area (Å²) in [5.41, 5.74) is -0.292. The first-order valence-corrected chi connectivity index (χ1v) is 6.56. The molecule has 5 heteroatoms. The van der Waals surface area contributed by atoms with Gasteiger partial charge in [-0.3, -0.25) is 4.79 Å². The van der Waals surface area contributed by atoms with Crippen molar-refractivity contribution in [3.05, 3.63) is 29.0 Å². The maximum Gasteiger partial charge on any atom is 0.261 e. The van der Waals surface area contributed by atoms with Crippen LogP contribution in [0.4, 0.5) is 4.39 Å². The zero-order chi connectivity index (χ0) is 14.6. The van der Waals surface area contributed by atoms with E-state index >= 15 is 0 Å². The van der Waals surface area contributed by atoms with Gasteiger partial charge in [-0.05, 0) is 39.3 Å². The number of benzene rings is 1. The van der Waals surface area contributed by atoms with Crippen LogP contribution in [0.25, 0.3) is 0 Å². The number of hydrogen-bond acceptors (Lipinski definition) is 2. The summed E-state index contributed by atoms with van der Waals surface area (Å²) in [6, 6.07) is 4.09. The van der Waals surface area contributed by atoms with E-state index in [9.17, 15) is 9.18 Å². The Morgan fingerprint density at radius 1 is 1.53 bits per heavy atom. The number of ether oxygens (including phenoxy) is 1. The molecule has 0 aliphatic carbocycles. The number of carbonyl (C=O) groups is 1. The van der Waals surface area contributed by atoms with Crippen LogP contribution >= 0.6 is 11.6 Å². The van der Waals surface area contributed by atoms with Gasteiger partial charge in [0, 0.05) is 11.6 Å². The van der Waals surface area contributed by atoms with Gasteiger partial charge in [0.05, 0.1) is 5.02 Å². The molecule has 1 atom stereocenters. The average molecular weight is 288 g/mol. The highest BCUT2D eigenvalue weighted by Gasteiger charge is 2.23. The summed E-state index contributed by atoms with van der Waals surface area (Å²) in [4.78, 5) is 11.9. The topological polar surface area (TPSA) is 38.3 Å². The molecule has 1 unspecified atom stereocenters. The van der Waals surface area contributed by atoms with Crippen LogP contribution in [0, 0.1) is 5.82 Å². The molecule has 0 fully saturated rings. The van der Waals surface area contributed by atoms with Crippen molar-refractivity contribution >= 4 is 17.5 Å². The number of rotatable bonds is 5. The molecule has 1 N–H and O–H groups in total. The third-order valence-corrected chi connectivity index (χ3v) is 3.23. The molecule has 0 saturated carbocycles. The Hall–Kier alpha value is -1.29. The average Bonchev–Trinajstić information content (AvgIpc) is 2.33. The molecule has 1 aromatic rings. The highest BCUT2D eigenvalue weighted by atomic mass is 35.5. The Morgan fingerprint density at radius 3 is 2.68 bits per heavy atom. The van der Waals surface area contributed by atoms with Crippen LogP contribution in [0.15, 0.2) is 18.2 Å². The van der Waals surface area contributed by atoms with Crippen molar-refractivity contribution in [1.82, 2.24) is 5.32 Å². The minimum Gasteiger partial charge on any atom is -0.481 e. The van der Waals surface area contributed by atoms with E-state index in [1.165, 1.54) is 12.1 Å². The van der Waals surface area contributed by atoms with Gasteiger partial charge < -0.3 is 10.1 Å². The van der Waals surface area contributed by atoms with Gasteiger partial charge in [-0.15, -0.1) is 0 Å². The fourth-order valence-electron chi connectivity index (χ4n) is 1.33. The van der Waals surface area contributed by atoms with E-state index in [1.54, 1.807) is 6.92 Å². The van der Waals surface area contributed by atoms with E-state index < -0.39 is 11.9 Å². The molecule has 0 radical (unpaired) electrons. The van der Waals surface area contributed by atoms with Crippen LogP contribution in [0.1, 0.15) is 34.1 Å². The van der Waals surface area contributed by atoms with Gasteiger partial charge in [0.1, 0.15) is 11.6 Å². The maximum absolute atomic E-state index is 13.2. The quantitative estimate of drug-likeness (QED) is 0.899. The number of carbonyl (C=O) groups excluding carboxylic acids is 1. The zero-order valence-electron chi connectivity index (χ0n) is 11.6. The summed E-state index contributed by atoms with van der Waals surface area (Å²) in [6.45, 7) is 7.47. The molecule has 0 aliphatic rings. The Balaban J connectivity index is 2.66. The minimum absolute atomic E-state index is 0.0246. The van der Waals surface area contributed by atoms with Crippen LogP contribution < -0.4 is 10.1 Å². The van der Waals surface area contributed by atoms with Crippen molar-refractivity contribution < 1.29 is 13.9 Å². The van der Waals surface area contributed by atoms with Crippen LogP contribution in [-0.2, 0) is 4.79 Å². The largest absolute Gasteiger partial charge is 0.481 e. The van der Waals surface area contributed by atoms with Crippen LogP contribution in [0.2, 0.25) is 5.02 Å². The second-order valence-corrected chi connectivity index (χ2v) is 5.47. The molecule has 0 spiro atoms. The number of hydrogen-bond donors (Lipinski definition) is 1. The zero-order valence-corrected chi connectivity index (χ0v) is 12.3. The van der Waals surface area contributed by atoms with Gasteiger partial charge in [-0.1, -0.05) is 18.5 Å². The van der Waals surface area contributed by atoms with Crippen LogP contribution in [0.5, 0.6) is 5.75 Å². The Labute approximate surface area is 118 Å². The van der Waals surface area contributed by atoms with E-state index in [1.807, 2.05) is 20.8 Å². The van der Waals surface area contributed by atoms with Gasteiger partial charge in [-0.25, -0.2) is 4.39 Å². The van der Waals surface area contributed by atoms with Crippen LogP contribution in [-0.4, -0.2) is 17.6 Å². The summed E-state index contributed by atoms with van der Waals surface area (Å²) in [5.74, 6) is -0.526. The van der Waals surface area contributed by atoms with E-state index in [2.05, 4.69) is 5.32 Å². The van der Waals surface area contributed by atoms with Crippen molar-refractivity contribution in [3.63, 3.8) is 0 Å². The molecule has 1 amide bonds. The molecular weight excluding hydrogens is 269 g/mol. The SMILES string of the molecule is CCC(C)(C)NC(=O)C(C)Oc1ccc(Cl)c(F)c1. The molecule has 19 heavy (non-hydrogen) atoms. The fraction of sp³-hybridized carbons (Fsp3) is 0.500. The van der Waals surface area contributed by atoms with E-state index in [-0.39, 0.29) is 22.2 Å². The molecule has 3 nitrogen and oxygen atoms in total. The van der Waals surface area contributed by atoms with Gasteiger partial charge in [0.2, 0.25) is 0 Å². The first-order chi connectivity index (χ1) is 8.75. The third-order valence-electron chi connectivity index (χ3n) is 2.92. The Kier molecular flexibility index (Phi) is 5.18. The Morgan fingerprint density at radius 2 is 2.16 bits per heavy atom. The normalized spacial score (nSPS) is 12.9. The molecule has 0 aliphatic heterocycles. The first-order valence-electron chi connectivity index (χ1n) is 6.19. The summed E-state index contributed by atoms with van der Waals surface area (Å²) >= 11 is 5.58. The first kappa shape index (κ1) is 15.8. The van der Waals surface area contributed by atoms with Gasteiger partial charge in [-0.2, -0.15) is 0 Å². The van der Waals surface area contributed by atoms with E-state index in [0.717, 1.165) is 12.5 Å². The number of amides is 1. The standard InChI is InChI=1S/C14H19ClFNO2/c1-5-14(3,4)17-13(18)9(2)19-10-6-7-11(15)12(16)8-10/h6-9H,5H2,1-4H3,(H,17,18). The molecule has 106 valence electrons. The van der Waals surface area contributed by atoms with Crippen molar-refractivity contribution in [1.29, 1.82) is 0 Å². The summed E-state index contributed by atoms with van der Waals surface area (Å²) < 4.78 is 18.6. The summed E-state index contributed by atoms with van der Waals surface area (Å²) in [7, 11) is 0. The lowest BCUT2D eigenvalue weighted by atomic mass is 10.0. The second kappa shape index (κ2) is 6.24.